The lowest BCUT2D eigenvalue weighted by Gasteiger charge is -2.36. The second kappa shape index (κ2) is 5.46. The molecule has 1 N–H and O–H groups in total. The molecule has 1 aromatic heterocycles. The lowest BCUT2D eigenvalue weighted by atomic mass is 9.94. The van der Waals surface area contributed by atoms with E-state index in [0.29, 0.717) is 6.54 Å². The predicted octanol–water partition coefficient (Wildman–Crippen LogP) is 2.40. The maximum atomic E-state index is 12.9. The van der Waals surface area contributed by atoms with Gasteiger partial charge in [-0.05, 0) is 39.5 Å². The Labute approximate surface area is 124 Å². The first-order chi connectivity index (χ1) is 9.67. The van der Waals surface area contributed by atoms with Crippen LogP contribution in [0.3, 0.4) is 0 Å². The second-order valence-corrected chi connectivity index (χ2v) is 7.53. The molecule has 0 saturated carbocycles. The average molecular weight is 315 g/mol. The van der Waals surface area contributed by atoms with E-state index in [2.05, 4.69) is 0 Å². The molecule has 0 bridgehead atoms. The summed E-state index contributed by atoms with van der Waals surface area (Å²) < 4.78 is 32.5. The molecule has 1 fully saturated rings. The number of nitrogens with zero attached hydrogens (tertiary/aromatic N) is 1. The average Bonchev–Trinajstić information content (AvgIpc) is 2.68. The molecular weight excluding hydrogens is 294 g/mol. The van der Waals surface area contributed by atoms with Gasteiger partial charge in [0, 0.05) is 12.6 Å². The largest absolute Gasteiger partial charge is 0.478 e. The number of aryl methyl sites for hydroxylation is 2. The highest BCUT2D eigenvalue weighted by Crippen LogP contribution is 2.34. The zero-order valence-electron chi connectivity index (χ0n) is 12.7. The van der Waals surface area contributed by atoms with Gasteiger partial charge in [-0.15, -0.1) is 0 Å². The maximum Gasteiger partial charge on any atom is 0.340 e. The van der Waals surface area contributed by atoms with E-state index in [-0.39, 0.29) is 33.9 Å². The molecule has 1 aliphatic rings. The van der Waals surface area contributed by atoms with Crippen LogP contribution in [0.15, 0.2) is 9.31 Å². The molecule has 1 aliphatic heterocycles. The Kier molecular flexibility index (Phi) is 4.17. The number of carbonyl (C=O) groups is 1. The van der Waals surface area contributed by atoms with Crippen LogP contribution in [0, 0.1) is 19.8 Å². The van der Waals surface area contributed by atoms with Crippen LogP contribution in [0.4, 0.5) is 0 Å². The standard InChI is InChI=1S/C14H21NO5S/c1-8-6-5-7-15(9(8)2)21(18,19)13-11(4)20-10(3)12(13)14(16)17/h8-9H,5-7H2,1-4H3,(H,16,17). The summed E-state index contributed by atoms with van der Waals surface area (Å²) in [5.41, 5.74) is -0.252. The molecule has 0 aromatic carbocycles. The van der Waals surface area contributed by atoms with Gasteiger partial charge in [0.2, 0.25) is 10.0 Å². The number of carboxylic acid groups (broad SMARTS) is 1. The third-order valence-corrected chi connectivity index (χ3v) is 6.44. The van der Waals surface area contributed by atoms with Gasteiger partial charge < -0.3 is 9.52 Å². The van der Waals surface area contributed by atoms with Crippen molar-refractivity contribution >= 4 is 16.0 Å². The number of furan rings is 1. The summed E-state index contributed by atoms with van der Waals surface area (Å²) in [6.07, 6.45) is 1.76. The SMILES string of the molecule is Cc1oc(C)c(S(=O)(=O)N2CCCC(C)C2C)c1C(=O)O. The van der Waals surface area contributed by atoms with Crippen molar-refractivity contribution in [3.8, 4) is 0 Å². The minimum Gasteiger partial charge on any atom is -0.478 e. The fourth-order valence-corrected chi connectivity index (χ4v) is 5.12. The van der Waals surface area contributed by atoms with Gasteiger partial charge in [-0.2, -0.15) is 4.31 Å². The molecular formula is C14H21NO5S. The molecule has 2 rings (SSSR count). The molecule has 1 aromatic rings. The van der Waals surface area contributed by atoms with Crippen molar-refractivity contribution in [1.82, 2.24) is 4.31 Å². The van der Waals surface area contributed by atoms with Crippen molar-refractivity contribution in [3.05, 3.63) is 17.1 Å². The Morgan fingerprint density at radius 1 is 1.29 bits per heavy atom. The van der Waals surface area contributed by atoms with E-state index in [9.17, 15) is 18.3 Å². The van der Waals surface area contributed by atoms with Crippen LogP contribution in [-0.4, -0.2) is 36.4 Å². The second-order valence-electron chi connectivity index (χ2n) is 5.70. The van der Waals surface area contributed by atoms with Gasteiger partial charge in [-0.1, -0.05) is 6.92 Å². The highest BCUT2D eigenvalue weighted by atomic mass is 32.2. The number of carboxylic acids is 1. The predicted molar refractivity (Wildman–Crippen MR) is 76.9 cm³/mol. The van der Waals surface area contributed by atoms with Gasteiger partial charge in [-0.25, -0.2) is 13.2 Å². The van der Waals surface area contributed by atoms with Crippen LogP contribution in [0.2, 0.25) is 0 Å². The van der Waals surface area contributed by atoms with Gasteiger partial charge >= 0.3 is 5.97 Å². The monoisotopic (exact) mass is 315 g/mol. The Balaban J connectivity index is 2.57. The molecule has 2 unspecified atom stereocenters. The summed E-state index contributed by atoms with van der Waals surface area (Å²) in [6, 6.07) is -0.153. The number of hydrogen-bond donors (Lipinski definition) is 1. The molecule has 0 amide bonds. The van der Waals surface area contributed by atoms with E-state index in [0.717, 1.165) is 12.8 Å². The van der Waals surface area contributed by atoms with Crippen molar-refractivity contribution in [2.24, 2.45) is 5.92 Å². The van der Waals surface area contributed by atoms with Gasteiger partial charge in [0.25, 0.3) is 0 Å². The number of hydrogen-bond acceptors (Lipinski definition) is 4. The zero-order chi connectivity index (χ0) is 15.9. The molecule has 1 saturated heterocycles. The van der Waals surface area contributed by atoms with Crippen LogP contribution < -0.4 is 0 Å². The van der Waals surface area contributed by atoms with E-state index in [4.69, 9.17) is 4.42 Å². The van der Waals surface area contributed by atoms with E-state index in [1.807, 2.05) is 13.8 Å². The normalized spacial score (nSPS) is 24.2. The number of piperidine rings is 1. The fourth-order valence-electron chi connectivity index (χ4n) is 2.98. The fraction of sp³-hybridized carbons (Fsp3) is 0.643. The molecule has 21 heavy (non-hydrogen) atoms. The summed E-state index contributed by atoms with van der Waals surface area (Å²) in [6.45, 7) is 7.25. The van der Waals surface area contributed by atoms with Crippen LogP contribution in [-0.2, 0) is 10.0 Å². The van der Waals surface area contributed by atoms with Gasteiger partial charge in [0.1, 0.15) is 22.0 Å². The van der Waals surface area contributed by atoms with Gasteiger partial charge in [0.05, 0.1) is 0 Å². The van der Waals surface area contributed by atoms with E-state index >= 15 is 0 Å². The smallest absolute Gasteiger partial charge is 0.340 e. The van der Waals surface area contributed by atoms with Crippen LogP contribution >= 0.6 is 0 Å². The highest BCUT2D eigenvalue weighted by molar-refractivity contribution is 7.89. The lowest BCUT2D eigenvalue weighted by Crippen LogP contribution is -2.46. The maximum absolute atomic E-state index is 12.9. The molecule has 0 aliphatic carbocycles. The van der Waals surface area contributed by atoms with Crippen LogP contribution in [0.5, 0.6) is 0 Å². The molecule has 6 nitrogen and oxygen atoms in total. The number of rotatable bonds is 3. The quantitative estimate of drug-likeness (QED) is 0.925. The summed E-state index contributed by atoms with van der Waals surface area (Å²) in [7, 11) is -3.87. The Morgan fingerprint density at radius 3 is 2.48 bits per heavy atom. The van der Waals surface area contributed by atoms with Crippen molar-refractivity contribution in [1.29, 1.82) is 0 Å². The number of sulfonamides is 1. The van der Waals surface area contributed by atoms with E-state index in [1.54, 1.807) is 0 Å². The topological polar surface area (TPSA) is 87.8 Å². The van der Waals surface area contributed by atoms with Gasteiger partial charge in [-0.3, -0.25) is 0 Å². The van der Waals surface area contributed by atoms with Gasteiger partial charge in [0.15, 0.2) is 0 Å². The summed E-state index contributed by atoms with van der Waals surface area (Å²) >= 11 is 0. The Bertz CT molecular complexity index is 661. The van der Waals surface area contributed by atoms with Crippen LogP contribution in [0.25, 0.3) is 0 Å². The van der Waals surface area contributed by atoms with Crippen LogP contribution in [0.1, 0.15) is 48.6 Å². The zero-order valence-corrected chi connectivity index (χ0v) is 13.5. The molecule has 0 spiro atoms. The van der Waals surface area contributed by atoms with E-state index < -0.39 is 16.0 Å². The lowest BCUT2D eigenvalue weighted by molar-refractivity contribution is 0.0691. The first-order valence-corrected chi connectivity index (χ1v) is 8.47. The first-order valence-electron chi connectivity index (χ1n) is 7.03. The molecule has 7 heteroatoms. The minimum atomic E-state index is -3.87. The summed E-state index contributed by atoms with van der Waals surface area (Å²) in [5, 5.41) is 9.30. The summed E-state index contributed by atoms with van der Waals surface area (Å²) in [4.78, 5) is 11.2. The third kappa shape index (κ3) is 2.60. The molecule has 2 atom stereocenters. The van der Waals surface area contributed by atoms with Crippen molar-refractivity contribution in [2.75, 3.05) is 6.54 Å². The highest BCUT2D eigenvalue weighted by Gasteiger charge is 2.39. The van der Waals surface area contributed by atoms with Crippen molar-refractivity contribution in [3.63, 3.8) is 0 Å². The molecule has 0 radical (unpaired) electrons. The van der Waals surface area contributed by atoms with Crippen molar-refractivity contribution < 1.29 is 22.7 Å². The molecule has 118 valence electrons. The van der Waals surface area contributed by atoms with Crippen molar-refractivity contribution in [2.45, 2.75) is 51.5 Å². The molecule has 2 heterocycles. The third-order valence-electron chi connectivity index (χ3n) is 4.30. The minimum absolute atomic E-state index is 0.122. The van der Waals surface area contributed by atoms with E-state index in [1.165, 1.54) is 18.2 Å². The first kappa shape index (κ1) is 16.0. The summed E-state index contributed by atoms with van der Waals surface area (Å²) in [5.74, 6) is -0.776. The Hall–Kier alpha value is -1.34. The Morgan fingerprint density at radius 2 is 1.90 bits per heavy atom. The number of aromatic carboxylic acids is 1.